The SMILES string of the molecule is COc1ccccc1N1CCN(CCCN=C2COc3ccccc3N2)CC1.O=C(O)/C=C/C(=O)O. The summed E-state index contributed by atoms with van der Waals surface area (Å²) in [6.45, 7) is 6.62. The molecule has 0 bridgehead atoms. The number of benzene rings is 2. The van der Waals surface area contributed by atoms with Crippen molar-refractivity contribution in [1.29, 1.82) is 0 Å². The summed E-state index contributed by atoms with van der Waals surface area (Å²) in [5.41, 5.74) is 2.19. The van der Waals surface area contributed by atoms with Crippen molar-refractivity contribution >= 4 is 29.1 Å². The number of hydrogen-bond donors (Lipinski definition) is 3. The first-order valence-electron chi connectivity index (χ1n) is 11.7. The van der Waals surface area contributed by atoms with Crippen molar-refractivity contribution in [3.05, 3.63) is 60.7 Å². The Morgan fingerprint density at radius 3 is 2.39 bits per heavy atom. The minimum atomic E-state index is -1.26. The Bertz CT molecular complexity index is 1060. The van der Waals surface area contributed by atoms with Gasteiger partial charge >= 0.3 is 11.9 Å². The van der Waals surface area contributed by atoms with Crippen molar-refractivity contribution < 1.29 is 29.3 Å². The van der Waals surface area contributed by atoms with Gasteiger partial charge < -0.3 is 29.9 Å². The number of anilines is 2. The monoisotopic (exact) mass is 496 g/mol. The molecule has 3 N–H and O–H groups in total. The van der Waals surface area contributed by atoms with Crippen LogP contribution in [0.2, 0.25) is 0 Å². The Balaban J connectivity index is 0.000000392. The minimum Gasteiger partial charge on any atom is -0.495 e. The van der Waals surface area contributed by atoms with Crippen LogP contribution in [0.3, 0.4) is 0 Å². The molecule has 1 saturated heterocycles. The molecule has 2 heterocycles. The Labute approximate surface area is 210 Å². The molecule has 4 rings (SSSR count). The number of para-hydroxylation sites is 4. The van der Waals surface area contributed by atoms with Gasteiger partial charge in [0.05, 0.1) is 18.5 Å². The van der Waals surface area contributed by atoms with Gasteiger partial charge in [-0.2, -0.15) is 0 Å². The van der Waals surface area contributed by atoms with Crippen LogP contribution in [0.15, 0.2) is 65.7 Å². The number of fused-ring (bicyclic) bond motifs is 1. The minimum absolute atomic E-state index is 0.522. The van der Waals surface area contributed by atoms with Crippen LogP contribution in [0.25, 0.3) is 0 Å². The van der Waals surface area contributed by atoms with E-state index in [0.717, 1.165) is 68.7 Å². The molecule has 36 heavy (non-hydrogen) atoms. The lowest BCUT2D eigenvalue weighted by Gasteiger charge is -2.36. The highest BCUT2D eigenvalue weighted by molar-refractivity contribution is 5.99. The molecule has 0 atom stereocenters. The van der Waals surface area contributed by atoms with E-state index in [2.05, 4.69) is 32.2 Å². The summed E-state index contributed by atoms with van der Waals surface area (Å²) >= 11 is 0. The normalized spacial score (nSPS) is 16.4. The molecule has 0 aliphatic carbocycles. The summed E-state index contributed by atoms with van der Waals surface area (Å²) in [6, 6.07) is 16.2. The number of carboxylic acid groups (broad SMARTS) is 2. The number of carboxylic acids is 2. The predicted octanol–water partition coefficient (Wildman–Crippen LogP) is 2.82. The number of aliphatic imine (C=N–C) groups is 1. The zero-order chi connectivity index (χ0) is 25.8. The number of amidine groups is 1. The lowest BCUT2D eigenvalue weighted by molar-refractivity contribution is -0.134. The van der Waals surface area contributed by atoms with Gasteiger partial charge in [-0.1, -0.05) is 24.3 Å². The summed E-state index contributed by atoms with van der Waals surface area (Å²) in [4.78, 5) is 28.7. The van der Waals surface area contributed by atoms with Crippen LogP contribution in [-0.2, 0) is 9.59 Å². The zero-order valence-electron chi connectivity index (χ0n) is 20.3. The number of nitrogens with one attached hydrogen (secondary N) is 1. The molecule has 2 aromatic rings. The number of carbonyl (C=O) groups is 2. The van der Waals surface area contributed by atoms with Gasteiger partial charge in [0.25, 0.3) is 0 Å². The van der Waals surface area contributed by atoms with Crippen molar-refractivity contribution in [2.24, 2.45) is 4.99 Å². The van der Waals surface area contributed by atoms with Crippen LogP contribution in [0.4, 0.5) is 11.4 Å². The van der Waals surface area contributed by atoms with Gasteiger partial charge in [0.15, 0.2) is 0 Å². The van der Waals surface area contributed by atoms with E-state index in [1.165, 1.54) is 5.69 Å². The number of methoxy groups -OCH3 is 1. The van der Waals surface area contributed by atoms with Crippen LogP contribution >= 0.6 is 0 Å². The molecule has 0 saturated carbocycles. The van der Waals surface area contributed by atoms with E-state index in [9.17, 15) is 9.59 Å². The number of rotatable bonds is 8. The molecule has 0 spiro atoms. The van der Waals surface area contributed by atoms with E-state index in [1.807, 2.05) is 36.4 Å². The Morgan fingerprint density at radius 1 is 1.03 bits per heavy atom. The third kappa shape index (κ3) is 8.31. The first-order chi connectivity index (χ1) is 17.5. The van der Waals surface area contributed by atoms with Gasteiger partial charge in [-0.3, -0.25) is 9.89 Å². The molecular formula is C26H32N4O6. The molecule has 0 amide bonds. The average molecular weight is 497 g/mol. The molecular weight excluding hydrogens is 464 g/mol. The molecule has 0 unspecified atom stereocenters. The maximum absolute atomic E-state index is 9.55. The fourth-order valence-corrected chi connectivity index (χ4v) is 3.87. The third-order valence-electron chi connectivity index (χ3n) is 5.63. The number of piperazine rings is 1. The van der Waals surface area contributed by atoms with Crippen molar-refractivity contribution in [2.45, 2.75) is 6.42 Å². The molecule has 10 nitrogen and oxygen atoms in total. The molecule has 192 valence electrons. The first-order valence-corrected chi connectivity index (χ1v) is 11.7. The Kier molecular flexibility index (Phi) is 10.1. The number of ether oxygens (including phenoxy) is 2. The molecule has 2 aliphatic rings. The summed E-state index contributed by atoms with van der Waals surface area (Å²) in [7, 11) is 1.74. The number of nitrogens with zero attached hydrogens (tertiary/aromatic N) is 3. The number of aliphatic carboxylic acids is 2. The zero-order valence-corrected chi connectivity index (χ0v) is 20.3. The molecule has 2 aliphatic heterocycles. The summed E-state index contributed by atoms with van der Waals surface area (Å²) in [5, 5.41) is 19.0. The highest BCUT2D eigenvalue weighted by Gasteiger charge is 2.19. The van der Waals surface area contributed by atoms with Crippen LogP contribution in [0.5, 0.6) is 11.5 Å². The van der Waals surface area contributed by atoms with Crippen LogP contribution in [0, 0.1) is 0 Å². The van der Waals surface area contributed by atoms with Gasteiger partial charge in [0, 0.05) is 51.4 Å². The van der Waals surface area contributed by atoms with E-state index >= 15 is 0 Å². The van der Waals surface area contributed by atoms with E-state index in [1.54, 1.807) is 7.11 Å². The van der Waals surface area contributed by atoms with Crippen LogP contribution in [0.1, 0.15) is 6.42 Å². The lowest BCUT2D eigenvalue weighted by atomic mass is 10.2. The standard InChI is InChI=1S/C22H28N4O2.C4H4O4/c1-27-21-10-5-3-8-19(21)26-15-13-25(14-16-26)12-6-11-23-22-17-28-20-9-4-2-7-18(20)24-22;5-3(6)1-2-4(7)8/h2-5,7-10H,6,11-17H2,1H3,(H,23,24);1-2H,(H,5,6)(H,7,8)/b;2-1+. The van der Waals surface area contributed by atoms with Gasteiger partial charge in [0.1, 0.15) is 23.9 Å². The molecule has 1 fully saturated rings. The molecule has 10 heteroatoms. The first kappa shape index (κ1) is 26.6. The van der Waals surface area contributed by atoms with Gasteiger partial charge in [-0.15, -0.1) is 0 Å². The fraction of sp³-hybridized carbons (Fsp3) is 0.346. The Morgan fingerprint density at radius 2 is 1.69 bits per heavy atom. The second-order valence-corrected chi connectivity index (χ2v) is 8.10. The largest absolute Gasteiger partial charge is 0.495 e. The van der Waals surface area contributed by atoms with Crippen molar-refractivity contribution in [3.8, 4) is 11.5 Å². The summed E-state index contributed by atoms with van der Waals surface area (Å²) in [6.07, 6.45) is 2.17. The van der Waals surface area contributed by atoms with E-state index < -0.39 is 11.9 Å². The Hall–Kier alpha value is -4.05. The second-order valence-electron chi connectivity index (χ2n) is 8.10. The van der Waals surface area contributed by atoms with Gasteiger partial charge in [-0.25, -0.2) is 9.59 Å². The topological polar surface area (TPSA) is 124 Å². The average Bonchev–Trinajstić information content (AvgIpc) is 2.90. The lowest BCUT2D eigenvalue weighted by Crippen LogP contribution is -2.46. The maximum Gasteiger partial charge on any atom is 0.328 e. The second kappa shape index (κ2) is 13.7. The van der Waals surface area contributed by atoms with E-state index in [4.69, 9.17) is 19.7 Å². The van der Waals surface area contributed by atoms with Crippen molar-refractivity contribution in [3.63, 3.8) is 0 Å². The smallest absolute Gasteiger partial charge is 0.328 e. The highest BCUT2D eigenvalue weighted by atomic mass is 16.5. The highest BCUT2D eigenvalue weighted by Crippen LogP contribution is 2.28. The molecule has 0 radical (unpaired) electrons. The quantitative estimate of drug-likeness (QED) is 0.374. The van der Waals surface area contributed by atoms with E-state index in [0.29, 0.717) is 18.8 Å². The van der Waals surface area contributed by atoms with Crippen molar-refractivity contribution in [2.75, 3.05) is 63.2 Å². The van der Waals surface area contributed by atoms with E-state index in [-0.39, 0.29) is 0 Å². The van der Waals surface area contributed by atoms with Crippen molar-refractivity contribution in [1.82, 2.24) is 4.90 Å². The maximum atomic E-state index is 9.55. The number of hydrogen-bond acceptors (Lipinski definition) is 7. The summed E-state index contributed by atoms with van der Waals surface area (Å²) < 4.78 is 11.2. The van der Waals surface area contributed by atoms with Gasteiger partial charge in [0.2, 0.25) is 0 Å². The molecule has 2 aromatic carbocycles. The molecule has 0 aromatic heterocycles. The van der Waals surface area contributed by atoms with Crippen LogP contribution in [-0.4, -0.2) is 85.9 Å². The predicted molar refractivity (Wildman–Crippen MR) is 139 cm³/mol. The third-order valence-corrected chi connectivity index (χ3v) is 5.63. The summed E-state index contributed by atoms with van der Waals surface area (Å²) in [5.74, 6) is 0.254. The fourth-order valence-electron chi connectivity index (χ4n) is 3.87. The van der Waals surface area contributed by atoms with Crippen LogP contribution < -0.4 is 19.7 Å². The van der Waals surface area contributed by atoms with Gasteiger partial charge in [-0.05, 0) is 30.7 Å².